The Morgan fingerprint density at radius 3 is 2.52 bits per heavy atom. The number of rotatable bonds is 5. The molecule has 136 valence electrons. The van der Waals surface area contributed by atoms with Crippen LogP contribution >= 0.6 is 35.0 Å². The smallest absolute Gasteiger partial charge is 0.251 e. The molecule has 3 nitrogen and oxygen atoms in total. The Kier molecular flexibility index (Phi) is 6.31. The van der Waals surface area contributed by atoms with E-state index in [-0.39, 0.29) is 12.5 Å². The highest BCUT2D eigenvalue weighted by molar-refractivity contribution is 8.02. The Bertz CT molecular complexity index is 655. The Morgan fingerprint density at radius 2 is 1.92 bits per heavy atom. The predicted molar refractivity (Wildman–Crippen MR) is 103 cm³/mol. The van der Waals surface area contributed by atoms with Gasteiger partial charge in [-0.05, 0) is 48.4 Å². The third-order valence-corrected chi connectivity index (χ3v) is 6.04. The molecule has 2 heterocycles. The molecule has 0 radical (unpaired) electrons. The van der Waals surface area contributed by atoms with Gasteiger partial charge in [0.25, 0.3) is 5.91 Å². The van der Waals surface area contributed by atoms with E-state index < -0.39 is 5.67 Å². The lowest BCUT2D eigenvalue weighted by molar-refractivity contribution is 0.0575. The van der Waals surface area contributed by atoms with Crippen LogP contribution in [0.3, 0.4) is 0 Å². The van der Waals surface area contributed by atoms with Crippen molar-refractivity contribution in [2.24, 2.45) is 0 Å². The molecule has 7 heteroatoms. The molecule has 1 fully saturated rings. The van der Waals surface area contributed by atoms with Crippen LogP contribution in [0.2, 0.25) is 10.0 Å². The van der Waals surface area contributed by atoms with Crippen LogP contribution < -0.4 is 5.32 Å². The van der Waals surface area contributed by atoms with Gasteiger partial charge in [0.15, 0.2) is 0 Å². The number of nitrogens with zero attached hydrogens (tertiary/aromatic N) is 1. The Balaban J connectivity index is 1.48. The monoisotopic (exact) mass is 402 g/mol. The molecule has 0 unspecified atom stereocenters. The molecule has 0 spiro atoms. The number of alkyl halides is 1. The highest BCUT2D eigenvalue weighted by atomic mass is 35.5. The number of carbonyl (C=O) groups excluding carboxylic acids is 1. The highest BCUT2D eigenvalue weighted by Gasteiger charge is 2.35. The number of likely N-dealkylation sites (tertiary alicyclic amines) is 1. The van der Waals surface area contributed by atoms with Gasteiger partial charge in [-0.2, -0.15) is 0 Å². The highest BCUT2D eigenvalue weighted by Crippen LogP contribution is 2.29. The molecule has 3 rings (SSSR count). The van der Waals surface area contributed by atoms with Crippen molar-refractivity contribution >= 4 is 40.9 Å². The van der Waals surface area contributed by atoms with E-state index in [1.807, 2.05) is 11.8 Å². The molecule has 1 amide bonds. The van der Waals surface area contributed by atoms with Crippen LogP contribution in [0.25, 0.3) is 0 Å². The summed E-state index contributed by atoms with van der Waals surface area (Å²) in [6.07, 6.45) is 2.01. The molecule has 0 saturated carbocycles. The molecule has 25 heavy (non-hydrogen) atoms. The van der Waals surface area contributed by atoms with Crippen molar-refractivity contribution in [1.82, 2.24) is 10.2 Å². The molecule has 1 aromatic rings. The van der Waals surface area contributed by atoms with Gasteiger partial charge in [-0.15, -0.1) is 11.8 Å². The number of amides is 1. The van der Waals surface area contributed by atoms with Crippen LogP contribution in [0, 0.1) is 0 Å². The van der Waals surface area contributed by atoms with E-state index in [0.717, 1.165) is 31.8 Å². The lowest BCUT2D eigenvalue weighted by Crippen LogP contribution is -2.48. The van der Waals surface area contributed by atoms with Crippen LogP contribution in [-0.4, -0.2) is 48.4 Å². The first kappa shape index (κ1) is 19.0. The molecule has 2 aliphatic rings. The van der Waals surface area contributed by atoms with Gasteiger partial charge in [0.05, 0.1) is 6.54 Å². The van der Waals surface area contributed by atoms with E-state index in [0.29, 0.717) is 28.5 Å². The normalized spacial score (nSPS) is 20.4. The van der Waals surface area contributed by atoms with Crippen LogP contribution in [-0.2, 0) is 0 Å². The van der Waals surface area contributed by atoms with Gasteiger partial charge in [-0.3, -0.25) is 9.69 Å². The minimum Gasteiger partial charge on any atom is -0.349 e. The maximum absolute atomic E-state index is 15.0. The quantitative estimate of drug-likeness (QED) is 0.783. The van der Waals surface area contributed by atoms with Gasteiger partial charge in [-0.25, -0.2) is 4.39 Å². The standard InChI is InChI=1S/C18H21Cl2FN2OS/c19-15-7-14(8-16(20)9-15)17(24)22-12-18(21)2-4-23(5-3-18)10-13-1-6-25-11-13/h7-9,11H,1-6,10,12H2,(H,22,24). The average Bonchev–Trinajstić information content (AvgIpc) is 3.07. The fourth-order valence-electron chi connectivity index (χ4n) is 3.14. The number of piperidine rings is 1. The fraction of sp³-hybridized carbons (Fsp3) is 0.500. The molecular weight excluding hydrogens is 382 g/mol. The second-order valence-electron chi connectivity index (χ2n) is 6.66. The van der Waals surface area contributed by atoms with E-state index >= 15 is 0 Å². The lowest BCUT2D eigenvalue weighted by atomic mass is 9.92. The Morgan fingerprint density at radius 1 is 1.24 bits per heavy atom. The van der Waals surface area contributed by atoms with Gasteiger partial charge in [0.1, 0.15) is 5.67 Å². The van der Waals surface area contributed by atoms with Crippen molar-refractivity contribution in [1.29, 1.82) is 0 Å². The van der Waals surface area contributed by atoms with Crippen molar-refractivity contribution in [3.8, 4) is 0 Å². The summed E-state index contributed by atoms with van der Waals surface area (Å²) in [5.74, 6) is 0.812. The molecule has 1 N–H and O–H groups in total. The van der Waals surface area contributed by atoms with Crippen molar-refractivity contribution in [3.05, 3.63) is 44.8 Å². The van der Waals surface area contributed by atoms with Crippen molar-refractivity contribution in [3.63, 3.8) is 0 Å². The molecule has 1 saturated heterocycles. The average molecular weight is 403 g/mol. The van der Waals surface area contributed by atoms with E-state index in [1.54, 1.807) is 6.07 Å². The zero-order valence-corrected chi connectivity index (χ0v) is 16.2. The zero-order chi connectivity index (χ0) is 17.9. The predicted octanol–water partition coefficient (Wildman–Crippen LogP) is 4.55. The first-order chi connectivity index (χ1) is 11.9. The molecule has 1 aromatic carbocycles. The van der Waals surface area contributed by atoms with Crippen LogP contribution in [0.5, 0.6) is 0 Å². The van der Waals surface area contributed by atoms with Crippen molar-refractivity contribution in [2.45, 2.75) is 24.9 Å². The van der Waals surface area contributed by atoms with Crippen LogP contribution in [0.4, 0.5) is 4.39 Å². The van der Waals surface area contributed by atoms with Crippen molar-refractivity contribution in [2.75, 3.05) is 31.9 Å². The number of hydrogen-bond acceptors (Lipinski definition) is 3. The van der Waals surface area contributed by atoms with Crippen LogP contribution in [0.1, 0.15) is 29.6 Å². The second kappa shape index (κ2) is 8.30. The molecule has 0 aliphatic carbocycles. The lowest BCUT2D eigenvalue weighted by Gasteiger charge is -2.36. The molecule has 2 aliphatic heterocycles. The van der Waals surface area contributed by atoms with Crippen LogP contribution in [0.15, 0.2) is 29.2 Å². The summed E-state index contributed by atoms with van der Waals surface area (Å²) in [6, 6.07) is 4.62. The molecule has 0 atom stereocenters. The van der Waals surface area contributed by atoms with Crippen molar-refractivity contribution < 1.29 is 9.18 Å². The van der Waals surface area contributed by atoms with Gasteiger partial charge < -0.3 is 5.32 Å². The molecular formula is C18H21Cl2FN2OS. The summed E-state index contributed by atoms with van der Waals surface area (Å²) in [4.78, 5) is 14.5. The number of hydrogen-bond donors (Lipinski definition) is 1. The van der Waals surface area contributed by atoms with E-state index in [2.05, 4.69) is 15.6 Å². The summed E-state index contributed by atoms with van der Waals surface area (Å²) in [6.45, 7) is 2.40. The molecule has 0 bridgehead atoms. The third kappa shape index (κ3) is 5.36. The summed E-state index contributed by atoms with van der Waals surface area (Å²) in [5, 5.41) is 5.70. The number of thioether (sulfide) groups is 1. The van der Waals surface area contributed by atoms with Gasteiger partial charge in [0.2, 0.25) is 0 Å². The number of halogens is 3. The summed E-state index contributed by atoms with van der Waals surface area (Å²) < 4.78 is 15.0. The summed E-state index contributed by atoms with van der Waals surface area (Å²) in [5.41, 5.74) is 0.444. The number of carbonyl (C=O) groups is 1. The van der Waals surface area contributed by atoms with E-state index in [4.69, 9.17) is 23.2 Å². The second-order valence-corrected chi connectivity index (χ2v) is 8.51. The Labute approximate surface area is 161 Å². The number of benzene rings is 1. The Hall–Kier alpha value is -0.750. The summed E-state index contributed by atoms with van der Waals surface area (Å²) in [7, 11) is 0. The topological polar surface area (TPSA) is 32.3 Å². The minimum atomic E-state index is -1.35. The fourth-order valence-corrected chi connectivity index (χ4v) is 4.60. The zero-order valence-electron chi connectivity index (χ0n) is 13.9. The SMILES string of the molecule is O=C(NCC1(F)CCN(CC2=CSCC2)CC1)c1cc(Cl)cc(Cl)c1. The summed E-state index contributed by atoms with van der Waals surface area (Å²) >= 11 is 13.7. The first-order valence-corrected chi connectivity index (χ1v) is 10.2. The third-order valence-electron chi connectivity index (χ3n) is 4.66. The van der Waals surface area contributed by atoms with Gasteiger partial charge in [0, 0.05) is 41.0 Å². The van der Waals surface area contributed by atoms with Gasteiger partial charge >= 0.3 is 0 Å². The van der Waals surface area contributed by atoms with E-state index in [9.17, 15) is 9.18 Å². The minimum absolute atomic E-state index is 0.0162. The largest absolute Gasteiger partial charge is 0.349 e. The maximum Gasteiger partial charge on any atom is 0.251 e. The first-order valence-electron chi connectivity index (χ1n) is 8.39. The maximum atomic E-state index is 15.0. The van der Waals surface area contributed by atoms with Gasteiger partial charge in [-0.1, -0.05) is 23.2 Å². The van der Waals surface area contributed by atoms with E-state index in [1.165, 1.54) is 17.7 Å². The molecule has 0 aromatic heterocycles. The number of nitrogens with one attached hydrogen (secondary N) is 1.